The molecule has 1 aromatic rings. The first kappa shape index (κ1) is 7.74. The van der Waals surface area contributed by atoms with E-state index in [1.807, 2.05) is 19.1 Å². The fraction of sp³-hybridized carbons (Fsp3) is 0.333. The summed E-state index contributed by atoms with van der Waals surface area (Å²) in [6, 6.07) is 3.73. The van der Waals surface area contributed by atoms with Crippen LogP contribution in [-0.4, -0.2) is 4.98 Å². The lowest BCUT2D eigenvalue weighted by Gasteiger charge is -1.98. The molecule has 0 fully saturated rings. The minimum atomic E-state index is 0.655. The summed E-state index contributed by atoms with van der Waals surface area (Å²) in [7, 11) is 0. The van der Waals surface area contributed by atoms with Gasteiger partial charge >= 0.3 is 0 Å². The molecule has 0 radical (unpaired) electrons. The third kappa shape index (κ3) is 1.56. The molecule has 2 nitrogen and oxygen atoms in total. The Kier molecular flexibility index (Phi) is 2.22. The lowest BCUT2D eigenvalue weighted by molar-refractivity contribution is 1.01. The lowest BCUT2D eigenvalue weighted by Crippen LogP contribution is -1.88. The highest BCUT2D eigenvalue weighted by atomic mass is 14.8. The van der Waals surface area contributed by atoms with Gasteiger partial charge in [0.15, 0.2) is 0 Å². The minimum Gasteiger partial charge on any atom is -0.270 e. The summed E-state index contributed by atoms with van der Waals surface area (Å²) in [5.74, 6) is 0. The third-order valence-corrected chi connectivity index (χ3v) is 1.60. The van der Waals surface area contributed by atoms with Gasteiger partial charge in [-0.15, -0.1) is 0 Å². The standard InChI is InChI=1S/C9H10N2/c1-4-8-5-6-9(10-3)7(2)11-8/h5-6H,4H2,1-2H3. The van der Waals surface area contributed by atoms with E-state index in [9.17, 15) is 0 Å². The van der Waals surface area contributed by atoms with Crippen LogP contribution in [-0.2, 0) is 6.42 Å². The molecular weight excluding hydrogens is 136 g/mol. The van der Waals surface area contributed by atoms with E-state index in [-0.39, 0.29) is 0 Å². The summed E-state index contributed by atoms with van der Waals surface area (Å²) in [4.78, 5) is 7.58. The molecule has 1 aromatic heterocycles. The van der Waals surface area contributed by atoms with Crippen molar-refractivity contribution in [2.24, 2.45) is 0 Å². The highest BCUT2D eigenvalue weighted by Gasteiger charge is 1.98. The summed E-state index contributed by atoms with van der Waals surface area (Å²) >= 11 is 0. The maximum absolute atomic E-state index is 6.80. The molecule has 0 bridgehead atoms. The molecule has 11 heavy (non-hydrogen) atoms. The largest absolute Gasteiger partial charge is 0.270 e. The Morgan fingerprint density at radius 1 is 1.55 bits per heavy atom. The topological polar surface area (TPSA) is 17.2 Å². The van der Waals surface area contributed by atoms with Gasteiger partial charge in [0.05, 0.1) is 6.57 Å². The molecule has 0 N–H and O–H groups in total. The van der Waals surface area contributed by atoms with E-state index in [1.54, 1.807) is 0 Å². The molecule has 1 heterocycles. The molecule has 0 amide bonds. The highest BCUT2D eigenvalue weighted by Crippen LogP contribution is 2.15. The summed E-state index contributed by atoms with van der Waals surface area (Å²) in [5.41, 5.74) is 2.54. The van der Waals surface area contributed by atoms with Crippen LogP contribution in [0, 0.1) is 13.5 Å². The second-order valence-corrected chi connectivity index (χ2v) is 2.37. The summed E-state index contributed by atoms with van der Waals surface area (Å²) in [6.45, 7) is 10.7. The first-order valence-electron chi connectivity index (χ1n) is 3.62. The van der Waals surface area contributed by atoms with E-state index >= 15 is 0 Å². The van der Waals surface area contributed by atoms with Crippen molar-refractivity contribution in [2.75, 3.05) is 0 Å². The molecule has 56 valence electrons. The average Bonchev–Trinajstić information content (AvgIpc) is 2.04. The quantitative estimate of drug-likeness (QED) is 0.556. The zero-order chi connectivity index (χ0) is 8.27. The van der Waals surface area contributed by atoms with Crippen LogP contribution in [0.3, 0.4) is 0 Å². The molecule has 1 rings (SSSR count). The van der Waals surface area contributed by atoms with Crippen LogP contribution in [0.1, 0.15) is 18.3 Å². The number of aromatic nitrogens is 1. The summed E-state index contributed by atoms with van der Waals surface area (Å²) in [6.07, 6.45) is 0.930. The number of pyridine rings is 1. The molecular formula is C9H10N2. The van der Waals surface area contributed by atoms with Gasteiger partial charge in [0.2, 0.25) is 5.69 Å². The molecule has 0 aromatic carbocycles. The van der Waals surface area contributed by atoms with E-state index in [4.69, 9.17) is 6.57 Å². The summed E-state index contributed by atoms with van der Waals surface area (Å²) < 4.78 is 0. The van der Waals surface area contributed by atoms with Crippen LogP contribution in [0.2, 0.25) is 0 Å². The first-order chi connectivity index (χ1) is 5.27. The van der Waals surface area contributed by atoms with E-state index in [1.165, 1.54) is 0 Å². The van der Waals surface area contributed by atoms with Gasteiger partial charge in [-0.05, 0) is 13.3 Å². The van der Waals surface area contributed by atoms with Gasteiger partial charge in [-0.1, -0.05) is 19.1 Å². The van der Waals surface area contributed by atoms with E-state index in [2.05, 4.69) is 16.8 Å². The Bertz CT molecular complexity index is 297. The maximum Gasteiger partial charge on any atom is 0.208 e. The molecule has 0 saturated heterocycles. The van der Waals surface area contributed by atoms with Gasteiger partial charge in [0.25, 0.3) is 0 Å². The molecule has 2 heteroatoms. The van der Waals surface area contributed by atoms with Gasteiger partial charge in [-0.25, -0.2) is 4.85 Å². The van der Waals surface area contributed by atoms with Crippen LogP contribution >= 0.6 is 0 Å². The third-order valence-electron chi connectivity index (χ3n) is 1.60. The zero-order valence-corrected chi connectivity index (χ0v) is 6.76. The van der Waals surface area contributed by atoms with Crippen LogP contribution < -0.4 is 0 Å². The Balaban J connectivity index is 3.12. The highest BCUT2D eigenvalue weighted by molar-refractivity contribution is 5.48. The first-order valence-corrected chi connectivity index (χ1v) is 3.62. The second kappa shape index (κ2) is 3.16. The molecule has 0 aliphatic carbocycles. The maximum atomic E-state index is 6.80. The Morgan fingerprint density at radius 3 is 2.73 bits per heavy atom. The normalized spacial score (nSPS) is 9.18. The van der Waals surface area contributed by atoms with Crippen molar-refractivity contribution >= 4 is 5.69 Å². The van der Waals surface area contributed by atoms with Crippen molar-refractivity contribution in [1.29, 1.82) is 0 Å². The van der Waals surface area contributed by atoms with Gasteiger partial charge in [-0.2, -0.15) is 0 Å². The van der Waals surface area contributed by atoms with Gasteiger partial charge in [-0.3, -0.25) is 4.98 Å². The van der Waals surface area contributed by atoms with Crippen LogP contribution in [0.5, 0.6) is 0 Å². The molecule has 0 spiro atoms. The Labute approximate surface area is 66.7 Å². The van der Waals surface area contributed by atoms with E-state index in [0.717, 1.165) is 17.8 Å². The van der Waals surface area contributed by atoms with Crippen LogP contribution in [0.15, 0.2) is 12.1 Å². The molecule has 0 aliphatic heterocycles. The van der Waals surface area contributed by atoms with Gasteiger partial charge in [0, 0.05) is 11.4 Å². The van der Waals surface area contributed by atoms with Crippen molar-refractivity contribution in [3.63, 3.8) is 0 Å². The van der Waals surface area contributed by atoms with E-state index < -0.39 is 0 Å². The Hall–Kier alpha value is -1.36. The predicted octanol–water partition coefficient (Wildman–Crippen LogP) is 2.50. The number of hydrogen-bond acceptors (Lipinski definition) is 1. The Morgan fingerprint density at radius 2 is 2.27 bits per heavy atom. The monoisotopic (exact) mass is 146 g/mol. The van der Waals surface area contributed by atoms with Crippen molar-refractivity contribution < 1.29 is 0 Å². The SMILES string of the molecule is [C-]#[N+]c1ccc(CC)nc1C. The molecule has 0 saturated carbocycles. The minimum absolute atomic E-state index is 0.655. The van der Waals surface area contributed by atoms with Crippen molar-refractivity contribution in [3.8, 4) is 0 Å². The fourth-order valence-corrected chi connectivity index (χ4v) is 0.921. The molecule has 0 unspecified atom stereocenters. The van der Waals surface area contributed by atoms with Crippen molar-refractivity contribution in [1.82, 2.24) is 4.98 Å². The number of nitrogens with zero attached hydrogens (tertiary/aromatic N) is 2. The number of rotatable bonds is 1. The van der Waals surface area contributed by atoms with Crippen LogP contribution in [0.25, 0.3) is 4.85 Å². The van der Waals surface area contributed by atoms with Crippen LogP contribution in [0.4, 0.5) is 5.69 Å². The van der Waals surface area contributed by atoms with Crippen molar-refractivity contribution in [3.05, 3.63) is 34.9 Å². The smallest absolute Gasteiger partial charge is 0.208 e. The number of hydrogen-bond donors (Lipinski definition) is 0. The zero-order valence-electron chi connectivity index (χ0n) is 6.76. The average molecular weight is 146 g/mol. The fourth-order valence-electron chi connectivity index (χ4n) is 0.921. The second-order valence-electron chi connectivity index (χ2n) is 2.37. The lowest BCUT2D eigenvalue weighted by atomic mass is 10.2. The predicted molar refractivity (Wildman–Crippen MR) is 44.6 cm³/mol. The summed E-state index contributed by atoms with van der Waals surface area (Å²) in [5, 5.41) is 0. The molecule has 0 aliphatic rings. The van der Waals surface area contributed by atoms with E-state index in [0.29, 0.717) is 5.69 Å². The van der Waals surface area contributed by atoms with Gasteiger partial charge < -0.3 is 0 Å². The number of aryl methyl sites for hydroxylation is 2. The van der Waals surface area contributed by atoms with Crippen molar-refractivity contribution in [2.45, 2.75) is 20.3 Å². The van der Waals surface area contributed by atoms with Gasteiger partial charge in [0.1, 0.15) is 0 Å². The molecule has 0 atom stereocenters.